The predicted molar refractivity (Wildman–Crippen MR) is 154 cm³/mol. The summed E-state index contributed by atoms with van der Waals surface area (Å²) in [5.41, 5.74) is 1.87. The number of para-hydroxylation sites is 1. The third-order valence-corrected chi connectivity index (χ3v) is 7.12. The molecule has 0 radical (unpaired) electrons. The van der Waals surface area contributed by atoms with Crippen molar-refractivity contribution in [3.05, 3.63) is 93.5 Å². The first kappa shape index (κ1) is 28.9. The SMILES string of the molecule is O=C(Nc1ccccc1C(=O)N1CCCCC1)N[C@@H](Cc1ccc(NC(=O)c2c(Cl)cccc2Cl)cc1)C(=O)O. The summed E-state index contributed by atoms with van der Waals surface area (Å²) >= 11 is 12.2. The Hall–Kier alpha value is -4.08. The van der Waals surface area contributed by atoms with E-state index in [4.69, 9.17) is 23.2 Å². The van der Waals surface area contributed by atoms with Gasteiger partial charge in [-0.25, -0.2) is 9.59 Å². The van der Waals surface area contributed by atoms with Gasteiger partial charge in [0.1, 0.15) is 6.04 Å². The zero-order valence-electron chi connectivity index (χ0n) is 21.5. The number of benzene rings is 3. The Morgan fingerprint density at radius 2 is 1.48 bits per heavy atom. The van der Waals surface area contributed by atoms with Crippen LogP contribution in [-0.2, 0) is 11.2 Å². The lowest BCUT2D eigenvalue weighted by Gasteiger charge is -2.27. The van der Waals surface area contributed by atoms with Gasteiger partial charge in [0, 0.05) is 25.2 Å². The Kier molecular flexibility index (Phi) is 9.63. The number of piperidine rings is 1. The maximum atomic E-state index is 13.0. The molecule has 1 aliphatic heterocycles. The first-order valence-corrected chi connectivity index (χ1v) is 13.5. The van der Waals surface area contributed by atoms with Crippen LogP contribution in [0.3, 0.4) is 0 Å². The van der Waals surface area contributed by atoms with Crippen molar-refractivity contribution in [2.45, 2.75) is 31.7 Å². The molecule has 9 nitrogen and oxygen atoms in total. The number of carbonyl (C=O) groups is 4. The average Bonchev–Trinajstić information content (AvgIpc) is 2.94. The van der Waals surface area contributed by atoms with Gasteiger partial charge in [0.15, 0.2) is 0 Å². The van der Waals surface area contributed by atoms with E-state index in [1.54, 1.807) is 71.6 Å². The second kappa shape index (κ2) is 13.3. The zero-order chi connectivity index (χ0) is 28.6. The number of anilines is 2. The fourth-order valence-corrected chi connectivity index (χ4v) is 5.00. The van der Waals surface area contributed by atoms with Gasteiger partial charge < -0.3 is 26.0 Å². The minimum atomic E-state index is -1.24. The summed E-state index contributed by atoms with van der Waals surface area (Å²) in [5.74, 6) is -1.88. The summed E-state index contributed by atoms with van der Waals surface area (Å²) in [5, 5.41) is 18.0. The lowest BCUT2D eigenvalue weighted by molar-refractivity contribution is -0.139. The standard InChI is InChI=1S/C29H28Cl2N4O5/c30-21-8-6-9-22(31)25(21)26(36)32-19-13-11-18(12-14-19)17-24(28(38)39)34-29(40)33-23-10-3-2-7-20(23)27(37)35-15-4-1-5-16-35/h2-3,6-14,24H,1,4-5,15-17H2,(H,32,36)(H,38,39)(H2,33,34,40)/t24-/m0/s1. The van der Waals surface area contributed by atoms with Gasteiger partial charge >= 0.3 is 12.0 Å². The van der Waals surface area contributed by atoms with Crippen LogP contribution in [0.5, 0.6) is 0 Å². The van der Waals surface area contributed by atoms with E-state index in [1.165, 1.54) is 0 Å². The molecule has 1 saturated heterocycles. The van der Waals surface area contributed by atoms with Crippen LogP contribution in [0.15, 0.2) is 66.7 Å². The number of amides is 4. The van der Waals surface area contributed by atoms with E-state index in [-0.39, 0.29) is 27.9 Å². The minimum absolute atomic E-state index is 0.0122. The van der Waals surface area contributed by atoms with Gasteiger partial charge in [0.2, 0.25) is 0 Å². The topological polar surface area (TPSA) is 128 Å². The Morgan fingerprint density at radius 3 is 2.12 bits per heavy atom. The quantitative estimate of drug-likeness (QED) is 0.271. The lowest BCUT2D eigenvalue weighted by atomic mass is 10.1. The summed E-state index contributed by atoms with van der Waals surface area (Å²) in [4.78, 5) is 52.0. The number of nitrogens with zero attached hydrogens (tertiary/aromatic N) is 1. The summed E-state index contributed by atoms with van der Waals surface area (Å²) in [7, 11) is 0. The smallest absolute Gasteiger partial charge is 0.326 e. The summed E-state index contributed by atoms with van der Waals surface area (Å²) < 4.78 is 0. The van der Waals surface area contributed by atoms with Gasteiger partial charge in [0.05, 0.1) is 26.9 Å². The number of carboxylic acids is 1. The Morgan fingerprint density at radius 1 is 0.825 bits per heavy atom. The van der Waals surface area contributed by atoms with Gasteiger partial charge in [-0.1, -0.05) is 53.5 Å². The van der Waals surface area contributed by atoms with Gasteiger partial charge in [-0.15, -0.1) is 0 Å². The van der Waals surface area contributed by atoms with Gasteiger partial charge in [-0.05, 0) is 61.2 Å². The van der Waals surface area contributed by atoms with E-state index in [1.807, 2.05) is 0 Å². The van der Waals surface area contributed by atoms with Crippen molar-refractivity contribution < 1.29 is 24.3 Å². The largest absolute Gasteiger partial charge is 0.480 e. The second-order valence-electron chi connectivity index (χ2n) is 9.34. The number of carbonyl (C=O) groups excluding carboxylic acids is 3. The highest BCUT2D eigenvalue weighted by atomic mass is 35.5. The Bertz CT molecular complexity index is 1390. The van der Waals surface area contributed by atoms with Crippen molar-refractivity contribution >= 4 is 58.4 Å². The van der Waals surface area contributed by atoms with Crippen LogP contribution in [0.2, 0.25) is 10.0 Å². The number of hydrogen-bond acceptors (Lipinski definition) is 4. The van der Waals surface area contributed by atoms with E-state index in [2.05, 4.69) is 16.0 Å². The molecule has 0 bridgehead atoms. The number of aliphatic carboxylic acids is 1. The van der Waals surface area contributed by atoms with Gasteiger partial charge in [0.25, 0.3) is 11.8 Å². The molecule has 4 N–H and O–H groups in total. The summed E-state index contributed by atoms with van der Waals surface area (Å²) in [6, 6.07) is 15.9. The van der Waals surface area contributed by atoms with Crippen LogP contribution in [0.1, 0.15) is 45.5 Å². The van der Waals surface area contributed by atoms with Crippen molar-refractivity contribution in [1.29, 1.82) is 0 Å². The highest BCUT2D eigenvalue weighted by Crippen LogP contribution is 2.25. The van der Waals surface area contributed by atoms with Crippen LogP contribution in [0.25, 0.3) is 0 Å². The molecule has 1 aliphatic rings. The van der Waals surface area contributed by atoms with Gasteiger partial charge in [-0.2, -0.15) is 0 Å². The van der Waals surface area contributed by atoms with E-state index in [0.29, 0.717) is 35.6 Å². The molecule has 1 atom stereocenters. The molecule has 1 fully saturated rings. The Balaban J connectivity index is 1.38. The van der Waals surface area contributed by atoms with Crippen molar-refractivity contribution in [2.75, 3.05) is 23.7 Å². The number of carboxylic acid groups (broad SMARTS) is 1. The van der Waals surface area contributed by atoms with Crippen LogP contribution in [-0.4, -0.2) is 53.0 Å². The zero-order valence-corrected chi connectivity index (χ0v) is 23.0. The molecule has 11 heteroatoms. The number of nitrogens with one attached hydrogen (secondary N) is 3. The average molecular weight is 583 g/mol. The molecule has 0 aromatic heterocycles. The number of hydrogen-bond donors (Lipinski definition) is 4. The van der Waals surface area contributed by atoms with Gasteiger partial charge in [-0.3, -0.25) is 9.59 Å². The van der Waals surface area contributed by atoms with Crippen molar-refractivity contribution in [2.24, 2.45) is 0 Å². The Labute approximate surface area is 241 Å². The normalized spacial score (nSPS) is 13.7. The van der Waals surface area contributed by atoms with Crippen LogP contribution in [0, 0.1) is 0 Å². The maximum Gasteiger partial charge on any atom is 0.326 e. The van der Waals surface area contributed by atoms with Crippen LogP contribution >= 0.6 is 23.2 Å². The van der Waals surface area contributed by atoms with Crippen molar-refractivity contribution in [3.8, 4) is 0 Å². The first-order valence-electron chi connectivity index (χ1n) is 12.8. The third kappa shape index (κ3) is 7.31. The molecular weight excluding hydrogens is 555 g/mol. The number of rotatable bonds is 8. The number of urea groups is 1. The van der Waals surface area contributed by atoms with Crippen LogP contribution < -0.4 is 16.0 Å². The van der Waals surface area contributed by atoms with Crippen LogP contribution in [0.4, 0.5) is 16.2 Å². The fraction of sp³-hybridized carbons (Fsp3) is 0.241. The molecule has 208 valence electrons. The second-order valence-corrected chi connectivity index (χ2v) is 10.2. The van der Waals surface area contributed by atoms with E-state index < -0.39 is 23.9 Å². The molecule has 4 rings (SSSR count). The number of likely N-dealkylation sites (tertiary alicyclic amines) is 1. The molecular formula is C29H28Cl2N4O5. The summed E-state index contributed by atoms with van der Waals surface area (Å²) in [6.07, 6.45) is 2.94. The van der Waals surface area contributed by atoms with Crippen molar-refractivity contribution in [3.63, 3.8) is 0 Å². The molecule has 40 heavy (non-hydrogen) atoms. The van der Waals surface area contributed by atoms with E-state index in [9.17, 15) is 24.3 Å². The molecule has 3 aromatic rings. The fourth-order valence-electron chi connectivity index (χ4n) is 4.43. The molecule has 1 heterocycles. The van der Waals surface area contributed by atoms with E-state index >= 15 is 0 Å². The lowest BCUT2D eigenvalue weighted by Crippen LogP contribution is -2.44. The maximum absolute atomic E-state index is 13.0. The summed E-state index contributed by atoms with van der Waals surface area (Å²) in [6.45, 7) is 1.33. The highest BCUT2D eigenvalue weighted by molar-refractivity contribution is 6.40. The molecule has 0 spiro atoms. The van der Waals surface area contributed by atoms with E-state index in [0.717, 1.165) is 19.3 Å². The molecule has 4 amide bonds. The number of halogens is 2. The third-order valence-electron chi connectivity index (χ3n) is 6.49. The highest BCUT2D eigenvalue weighted by Gasteiger charge is 2.24. The van der Waals surface area contributed by atoms with Crippen molar-refractivity contribution in [1.82, 2.24) is 10.2 Å². The molecule has 3 aromatic carbocycles. The molecule has 0 saturated carbocycles. The minimum Gasteiger partial charge on any atom is -0.480 e. The first-order chi connectivity index (χ1) is 19.2. The molecule has 0 aliphatic carbocycles. The predicted octanol–water partition coefficient (Wildman–Crippen LogP) is 5.69. The monoisotopic (exact) mass is 582 g/mol. The molecule has 0 unspecified atom stereocenters.